The molecule has 2 heterocycles. The van der Waals surface area contributed by atoms with Crippen molar-refractivity contribution in [2.45, 2.75) is 26.8 Å². The zero-order valence-electron chi connectivity index (χ0n) is 13.4. The lowest BCUT2D eigenvalue weighted by Gasteiger charge is -2.07. The molecule has 6 nitrogen and oxygen atoms in total. The second-order valence-corrected chi connectivity index (χ2v) is 6.33. The largest absolute Gasteiger partial charge is 0.332 e. The van der Waals surface area contributed by atoms with Crippen LogP contribution in [0.5, 0.6) is 0 Å². The molecule has 0 aliphatic heterocycles. The second kappa shape index (κ2) is 6.97. The average molecular weight is 345 g/mol. The summed E-state index contributed by atoms with van der Waals surface area (Å²) in [5.41, 5.74) is 1.08. The lowest BCUT2D eigenvalue weighted by atomic mass is 10.1. The molecular weight excluding hydrogens is 328 g/mol. The Morgan fingerprint density at radius 1 is 1.25 bits per heavy atom. The third-order valence-electron chi connectivity index (χ3n) is 3.51. The molecule has 0 N–H and O–H groups in total. The lowest BCUT2D eigenvalue weighted by molar-refractivity contribution is 0.426. The van der Waals surface area contributed by atoms with E-state index in [0.29, 0.717) is 29.0 Å². The minimum Gasteiger partial charge on any atom is -0.332 e. The maximum Gasteiger partial charge on any atom is 0.278 e. The molecule has 0 fully saturated rings. The molecule has 0 aliphatic rings. The highest BCUT2D eigenvalue weighted by molar-refractivity contribution is 6.30. The molecule has 0 unspecified atom stereocenters. The molecule has 2 aromatic heterocycles. The van der Waals surface area contributed by atoms with Gasteiger partial charge in [0.2, 0.25) is 5.82 Å². The summed E-state index contributed by atoms with van der Waals surface area (Å²) in [4.78, 5) is 16.2. The second-order valence-electron chi connectivity index (χ2n) is 5.90. The summed E-state index contributed by atoms with van der Waals surface area (Å²) in [7, 11) is 0. The maximum absolute atomic E-state index is 11.9. The Hall–Kier alpha value is -2.47. The Morgan fingerprint density at radius 3 is 2.83 bits per heavy atom. The van der Waals surface area contributed by atoms with E-state index >= 15 is 0 Å². The Morgan fingerprint density at radius 2 is 2.08 bits per heavy atom. The first-order valence-corrected chi connectivity index (χ1v) is 8.09. The van der Waals surface area contributed by atoms with Gasteiger partial charge in [0.1, 0.15) is 5.69 Å². The fourth-order valence-electron chi connectivity index (χ4n) is 2.18. The third kappa shape index (κ3) is 3.71. The van der Waals surface area contributed by atoms with Gasteiger partial charge in [0.25, 0.3) is 11.4 Å². The Balaban J connectivity index is 1.90. The summed E-state index contributed by atoms with van der Waals surface area (Å²) >= 11 is 5.98. The van der Waals surface area contributed by atoms with Crippen LogP contribution in [0, 0.1) is 5.92 Å². The number of benzene rings is 1. The van der Waals surface area contributed by atoms with Crippen molar-refractivity contribution in [3.8, 4) is 23.0 Å². The van der Waals surface area contributed by atoms with E-state index < -0.39 is 0 Å². The van der Waals surface area contributed by atoms with Gasteiger partial charge in [-0.05, 0) is 30.5 Å². The van der Waals surface area contributed by atoms with E-state index in [1.165, 1.54) is 10.7 Å². The lowest BCUT2D eigenvalue weighted by Crippen LogP contribution is -2.23. The Labute approximate surface area is 144 Å². The van der Waals surface area contributed by atoms with Crippen molar-refractivity contribution in [2.75, 3.05) is 0 Å². The topological polar surface area (TPSA) is 73.8 Å². The van der Waals surface area contributed by atoms with E-state index in [-0.39, 0.29) is 11.4 Å². The van der Waals surface area contributed by atoms with Gasteiger partial charge in [-0.2, -0.15) is 10.1 Å². The number of aryl methyl sites for hydroxylation is 1. The van der Waals surface area contributed by atoms with Crippen LogP contribution in [0.15, 0.2) is 45.7 Å². The highest BCUT2D eigenvalue weighted by atomic mass is 35.5. The van der Waals surface area contributed by atoms with Gasteiger partial charge in [0.15, 0.2) is 0 Å². The first kappa shape index (κ1) is 16.4. The van der Waals surface area contributed by atoms with Gasteiger partial charge in [-0.15, -0.1) is 0 Å². The van der Waals surface area contributed by atoms with Crippen LogP contribution in [-0.2, 0) is 6.54 Å². The standard InChI is InChI=1S/C17H17ClN4O2/c1-11(2)8-9-22-15(23)7-6-14(20-22)17-19-16(21-24-17)12-4-3-5-13(18)10-12/h3-7,10-11H,8-9H2,1-2H3. The predicted molar refractivity (Wildman–Crippen MR) is 91.7 cm³/mol. The van der Waals surface area contributed by atoms with E-state index in [0.717, 1.165) is 12.0 Å². The summed E-state index contributed by atoms with van der Waals surface area (Å²) in [6, 6.07) is 10.2. The van der Waals surface area contributed by atoms with Crippen LogP contribution in [0.3, 0.4) is 0 Å². The van der Waals surface area contributed by atoms with E-state index in [4.69, 9.17) is 16.1 Å². The molecule has 0 radical (unpaired) electrons. The van der Waals surface area contributed by atoms with Crippen molar-refractivity contribution in [3.05, 3.63) is 51.8 Å². The molecule has 0 amide bonds. The molecule has 0 saturated carbocycles. The monoisotopic (exact) mass is 344 g/mol. The molecule has 1 aromatic carbocycles. The molecular formula is C17H17ClN4O2. The van der Waals surface area contributed by atoms with Crippen LogP contribution < -0.4 is 5.56 Å². The average Bonchev–Trinajstić information content (AvgIpc) is 3.04. The number of halogens is 1. The van der Waals surface area contributed by atoms with Crippen LogP contribution >= 0.6 is 11.6 Å². The summed E-state index contributed by atoms with van der Waals surface area (Å²) in [5.74, 6) is 1.18. The SMILES string of the molecule is CC(C)CCn1nc(-c2nc(-c3cccc(Cl)c3)no2)ccc1=O. The van der Waals surface area contributed by atoms with Crippen molar-refractivity contribution in [3.63, 3.8) is 0 Å². The molecule has 0 atom stereocenters. The van der Waals surface area contributed by atoms with Crippen LogP contribution in [0.25, 0.3) is 23.0 Å². The van der Waals surface area contributed by atoms with Crippen LogP contribution in [0.2, 0.25) is 5.02 Å². The van der Waals surface area contributed by atoms with Gasteiger partial charge in [0.05, 0.1) is 0 Å². The van der Waals surface area contributed by atoms with E-state index in [9.17, 15) is 4.79 Å². The molecule has 0 saturated heterocycles. The fourth-order valence-corrected chi connectivity index (χ4v) is 2.37. The van der Waals surface area contributed by atoms with Crippen molar-refractivity contribution < 1.29 is 4.52 Å². The quantitative estimate of drug-likeness (QED) is 0.706. The number of hydrogen-bond acceptors (Lipinski definition) is 5. The van der Waals surface area contributed by atoms with Gasteiger partial charge in [0, 0.05) is 23.2 Å². The van der Waals surface area contributed by atoms with E-state index in [1.807, 2.05) is 12.1 Å². The van der Waals surface area contributed by atoms with Crippen molar-refractivity contribution in [1.29, 1.82) is 0 Å². The number of aromatic nitrogens is 4. The van der Waals surface area contributed by atoms with Crippen LogP contribution in [0.4, 0.5) is 0 Å². The van der Waals surface area contributed by atoms with Gasteiger partial charge in [-0.3, -0.25) is 4.79 Å². The number of hydrogen-bond donors (Lipinski definition) is 0. The molecule has 124 valence electrons. The molecule has 0 spiro atoms. The predicted octanol–water partition coefficient (Wildman–Crippen LogP) is 3.66. The highest BCUT2D eigenvalue weighted by Gasteiger charge is 2.13. The first-order valence-electron chi connectivity index (χ1n) is 7.71. The minimum atomic E-state index is -0.144. The van der Waals surface area contributed by atoms with E-state index in [1.54, 1.807) is 18.2 Å². The van der Waals surface area contributed by atoms with Crippen molar-refractivity contribution in [1.82, 2.24) is 19.9 Å². The van der Waals surface area contributed by atoms with E-state index in [2.05, 4.69) is 29.1 Å². The zero-order valence-corrected chi connectivity index (χ0v) is 14.2. The van der Waals surface area contributed by atoms with Crippen LogP contribution in [-0.4, -0.2) is 19.9 Å². The van der Waals surface area contributed by atoms with Crippen LogP contribution in [0.1, 0.15) is 20.3 Å². The fraction of sp³-hybridized carbons (Fsp3) is 0.294. The third-order valence-corrected chi connectivity index (χ3v) is 3.75. The number of nitrogens with zero attached hydrogens (tertiary/aromatic N) is 4. The normalized spacial score (nSPS) is 11.2. The molecule has 24 heavy (non-hydrogen) atoms. The summed E-state index contributed by atoms with van der Waals surface area (Å²) in [5, 5.41) is 8.88. The summed E-state index contributed by atoms with van der Waals surface area (Å²) in [6.07, 6.45) is 0.869. The number of rotatable bonds is 5. The van der Waals surface area contributed by atoms with Gasteiger partial charge < -0.3 is 4.52 Å². The van der Waals surface area contributed by atoms with Gasteiger partial charge >= 0.3 is 0 Å². The molecule has 7 heteroatoms. The first-order chi connectivity index (χ1) is 11.5. The maximum atomic E-state index is 11.9. The summed E-state index contributed by atoms with van der Waals surface area (Å²) in [6.45, 7) is 4.76. The zero-order chi connectivity index (χ0) is 17.1. The molecule has 3 aromatic rings. The molecule has 0 aliphatic carbocycles. The Bertz CT molecular complexity index is 901. The van der Waals surface area contributed by atoms with Gasteiger partial charge in [-0.25, -0.2) is 4.68 Å². The summed E-state index contributed by atoms with van der Waals surface area (Å²) < 4.78 is 6.71. The highest BCUT2D eigenvalue weighted by Crippen LogP contribution is 2.22. The Kier molecular flexibility index (Phi) is 4.76. The molecule has 0 bridgehead atoms. The minimum absolute atomic E-state index is 0.144. The van der Waals surface area contributed by atoms with Gasteiger partial charge in [-0.1, -0.05) is 42.7 Å². The molecule has 3 rings (SSSR count). The van der Waals surface area contributed by atoms with Crippen molar-refractivity contribution >= 4 is 11.6 Å². The van der Waals surface area contributed by atoms with Crippen molar-refractivity contribution in [2.24, 2.45) is 5.92 Å². The smallest absolute Gasteiger partial charge is 0.278 e.